The molecule has 1 saturated heterocycles. The zero-order valence-corrected chi connectivity index (χ0v) is 11.6. The minimum absolute atomic E-state index is 0.0931. The van der Waals surface area contributed by atoms with Crippen molar-refractivity contribution in [3.05, 3.63) is 46.5 Å². The molecule has 1 N–H and O–H groups in total. The first-order valence-corrected chi connectivity index (χ1v) is 7.11. The fourth-order valence-electron chi connectivity index (χ4n) is 3.00. The zero-order valence-electron chi connectivity index (χ0n) is 11.6. The fourth-order valence-corrected chi connectivity index (χ4v) is 3.00. The van der Waals surface area contributed by atoms with Crippen LogP contribution in [0.25, 0.3) is 16.4 Å². The molecule has 0 atom stereocenters. The molecule has 1 fully saturated rings. The summed E-state index contributed by atoms with van der Waals surface area (Å²) in [5.41, 5.74) is 2.57. The number of H-pyrrole nitrogens is 1. The lowest BCUT2D eigenvalue weighted by Crippen LogP contribution is -2.35. The molecule has 21 heavy (non-hydrogen) atoms. The van der Waals surface area contributed by atoms with Crippen LogP contribution in [-0.4, -0.2) is 45.8 Å². The van der Waals surface area contributed by atoms with E-state index in [-0.39, 0.29) is 5.56 Å². The van der Waals surface area contributed by atoms with Crippen LogP contribution in [0.5, 0.6) is 0 Å². The number of para-hydroxylation sites is 1. The van der Waals surface area contributed by atoms with Crippen molar-refractivity contribution in [2.45, 2.75) is 6.54 Å². The normalized spacial score (nSPS) is 16.8. The van der Waals surface area contributed by atoms with E-state index in [0.717, 1.165) is 49.3 Å². The summed E-state index contributed by atoms with van der Waals surface area (Å²) < 4.78 is 7.13. The molecule has 0 saturated carbocycles. The number of nitrogens with one attached hydrogen (secondary N) is 1. The SMILES string of the molecule is O=c1[nH]cnn2c1c(CN1CCOCC1)c1ccccc12. The highest BCUT2D eigenvalue weighted by Gasteiger charge is 2.19. The molecule has 3 heterocycles. The number of hydrogen-bond acceptors (Lipinski definition) is 4. The summed E-state index contributed by atoms with van der Waals surface area (Å²) in [6, 6.07) is 8.02. The molecule has 0 unspecified atom stereocenters. The molecule has 4 rings (SSSR count). The van der Waals surface area contributed by atoms with Crippen LogP contribution in [-0.2, 0) is 11.3 Å². The Kier molecular flexibility index (Phi) is 2.98. The summed E-state index contributed by atoms with van der Waals surface area (Å²) in [5, 5.41) is 5.39. The maximum atomic E-state index is 12.3. The van der Waals surface area contributed by atoms with Gasteiger partial charge in [-0.2, -0.15) is 5.10 Å². The van der Waals surface area contributed by atoms with Crippen molar-refractivity contribution < 1.29 is 4.74 Å². The first-order chi connectivity index (χ1) is 10.3. The highest BCUT2D eigenvalue weighted by molar-refractivity contribution is 5.91. The lowest BCUT2D eigenvalue weighted by molar-refractivity contribution is 0.0345. The van der Waals surface area contributed by atoms with Crippen LogP contribution in [0.1, 0.15) is 5.56 Å². The molecular formula is C15H16N4O2. The molecule has 1 aromatic carbocycles. The minimum Gasteiger partial charge on any atom is -0.379 e. The van der Waals surface area contributed by atoms with Gasteiger partial charge in [0, 0.05) is 30.6 Å². The average molecular weight is 284 g/mol. The number of nitrogens with zero attached hydrogens (tertiary/aromatic N) is 3. The summed E-state index contributed by atoms with van der Waals surface area (Å²) >= 11 is 0. The number of aromatic nitrogens is 3. The van der Waals surface area contributed by atoms with Crippen molar-refractivity contribution in [3.63, 3.8) is 0 Å². The quantitative estimate of drug-likeness (QED) is 0.763. The monoisotopic (exact) mass is 284 g/mol. The molecular weight excluding hydrogens is 268 g/mol. The minimum atomic E-state index is -0.0931. The molecule has 6 nitrogen and oxygen atoms in total. The Bertz CT molecular complexity index is 846. The van der Waals surface area contributed by atoms with Crippen LogP contribution in [0.15, 0.2) is 35.4 Å². The van der Waals surface area contributed by atoms with Gasteiger partial charge in [-0.3, -0.25) is 9.69 Å². The standard InChI is InChI=1S/C15H16N4O2/c20-15-14-12(9-18-5-7-21-8-6-18)11-3-1-2-4-13(11)19(14)17-10-16-15/h1-4,10H,5-9H2,(H,16,17,20). The summed E-state index contributed by atoms with van der Waals surface area (Å²) in [7, 11) is 0. The predicted molar refractivity (Wildman–Crippen MR) is 79.4 cm³/mol. The van der Waals surface area contributed by atoms with Crippen LogP contribution in [0.2, 0.25) is 0 Å². The molecule has 3 aromatic rings. The molecule has 1 aliphatic rings. The van der Waals surface area contributed by atoms with Crippen LogP contribution in [0.4, 0.5) is 0 Å². The second kappa shape index (κ2) is 4.98. The van der Waals surface area contributed by atoms with Crippen LogP contribution >= 0.6 is 0 Å². The van der Waals surface area contributed by atoms with E-state index in [2.05, 4.69) is 21.0 Å². The van der Waals surface area contributed by atoms with E-state index < -0.39 is 0 Å². The van der Waals surface area contributed by atoms with Gasteiger partial charge in [0.2, 0.25) is 0 Å². The van der Waals surface area contributed by atoms with Gasteiger partial charge in [0.1, 0.15) is 11.8 Å². The van der Waals surface area contributed by atoms with Crippen molar-refractivity contribution in [1.82, 2.24) is 19.5 Å². The molecule has 0 bridgehead atoms. The van der Waals surface area contributed by atoms with Crippen molar-refractivity contribution in [1.29, 1.82) is 0 Å². The van der Waals surface area contributed by atoms with Crippen LogP contribution in [0.3, 0.4) is 0 Å². The summed E-state index contributed by atoms with van der Waals surface area (Å²) in [4.78, 5) is 17.3. The zero-order chi connectivity index (χ0) is 14.2. The Morgan fingerprint density at radius 3 is 2.90 bits per heavy atom. The Morgan fingerprint density at radius 1 is 1.24 bits per heavy atom. The molecule has 0 aliphatic carbocycles. The third-order valence-electron chi connectivity index (χ3n) is 4.02. The van der Waals surface area contributed by atoms with Crippen molar-refractivity contribution in [2.75, 3.05) is 26.3 Å². The smallest absolute Gasteiger partial charge is 0.275 e. The fraction of sp³-hybridized carbons (Fsp3) is 0.333. The highest BCUT2D eigenvalue weighted by atomic mass is 16.5. The van der Waals surface area contributed by atoms with Crippen LogP contribution < -0.4 is 5.56 Å². The molecule has 6 heteroatoms. The summed E-state index contributed by atoms with van der Waals surface area (Å²) in [6.07, 6.45) is 1.44. The maximum absolute atomic E-state index is 12.3. The largest absolute Gasteiger partial charge is 0.379 e. The second-order valence-electron chi connectivity index (χ2n) is 5.26. The van der Waals surface area contributed by atoms with Crippen molar-refractivity contribution >= 4 is 16.4 Å². The van der Waals surface area contributed by atoms with E-state index in [0.29, 0.717) is 5.52 Å². The van der Waals surface area contributed by atoms with Gasteiger partial charge in [-0.15, -0.1) is 0 Å². The van der Waals surface area contributed by atoms with Gasteiger partial charge in [-0.25, -0.2) is 4.52 Å². The first kappa shape index (κ1) is 12.6. The van der Waals surface area contributed by atoms with E-state index in [1.54, 1.807) is 4.52 Å². The number of benzene rings is 1. The Morgan fingerprint density at radius 2 is 2.05 bits per heavy atom. The third kappa shape index (κ3) is 2.03. The first-order valence-electron chi connectivity index (χ1n) is 7.11. The van der Waals surface area contributed by atoms with Gasteiger partial charge in [0.25, 0.3) is 5.56 Å². The lowest BCUT2D eigenvalue weighted by Gasteiger charge is -2.26. The Labute approximate surface area is 120 Å². The molecule has 0 radical (unpaired) electrons. The average Bonchev–Trinajstić information content (AvgIpc) is 2.84. The van der Waals surface area contributed by atoms with E-state index in [1.807, 2.05) is 18.2 Å². The van der Waals surface area contributed by atoms with Gasteiger partial charge in [-0.1, -0.05) is 18.2 Å². The predicted octanol–water partition coefficient (Wildman–Crippen LogP) is 1.01. The van der Waals surface area contributed by atoms with Crippen molar-refractivity contribution in [2.24, 2.45) is 0 Å². The molecule has 0 spiro atoms. The number of aromatic amines is 1. The van der Waals surface area contributed by atoms with Gasteiger partial charge >= 0.3 is 0 Å². The molecule has 0 amide bonds. The van der Waals surface area contributed by atoms with Crippen molar-refractivity contribution in [3.8, 4) is 0 Å². The third-order valence-corrected chi connectivity index (χ3v) is 4.02. The van der Waals surface area contributed by atoms with Gasteiger partial charge < -0.3 is 9.72 Å². The highest BCUT2D eigenvalue weighted by Crippen LogP contribution is 2.25. The molecule has 2 aromatic heterocycles. The number of morpholine rings is 1. The maximum Gasteiger partial charge on any atom is 0.275 e. The van der Waals surface area contributed by atoms with Gasteiger partial charge in [0.15, 0.2) is 0 Å². The molecule has 108 valence electrons. The van der Waals surface area contributed by atoms with Gasteiger partial charge in [0.05, 0.1) is 18.7 Å². The topological polar surface area (TPSA) is 62.6 Å². The summed E-state index contributed by atoms with van der Waals surface area (Å²) in [5.74, 6) is 0. The number of rotatable bonds is 2. The second-order valence-corrected chi connectivity index (χ2v) is 5.26. The Hall–Kier alpha value is -2.18. The lowest BCUT2D eigenvalue weighted by atomic mass is 10.1. The number of fused-ring (bicyclic) bond motifs is 3. The van der Waals surface area contributed by atoms with Gasteiger partial charge in [-0.05, 0) is 6.07 Å². The van der Waals surface area contributed by atoms with E-state index in [9.17, 15) is 4.79 Å². The van der Waals surface area contributed by atoms with E-state index in [4.69, 9.17) is 4.74 Å². The molecule has 1 aliphatic heterocycles. The van der Waals surface area contributed by atoms with E-state index in [1.165, 1.54) is 6.33 Å². The number of hydrogen-bond donors (Lipinski definition) is 1. The van der Waals surface area contributed by atoms with Crippen LogP contribution in [0, 0.1) is 0 Å². The summed E-state index contributed by atoms with van der Waals surface area (Å²) in [6.45, 7) is 4.03. The Balaban J connectivity index is 1.93. The van der Waals surface area contributed by atoms with E-state index >= 15 is 0 Å². The number of ether oxygens (including phenoxy) is 1.